The van der Waals surface area contributed by atoms with Gasteiger partial charge in [-0.05, 0) is 37.3 Å². The van der Waals surface area contributed by atoms with E-state index in [-0.39, 0.29) is 6.03 Å². The van der Waals surface area contributed by atoms with Crippen molar-refractivity contribution in [2.45, 2.75) is 13.0 Å². The van der Waals surface area contributed by atoms with E-state index in [0.717, 1.165) is 23.6 Å². The Morgan fingerprint density at radius 2 is 2.04 bits per heavy atom. The average molecular weight is 341 g/mol. The summed E-state index contributed by atoms with van der Waals surface area (Å²) in [6.07, 6.45) is 1.78. The van der Waals surface area contributed by atoms with E-state index in [0.29, 0.717) is 25.1 Å². The number of anilines is 2. The molecule has 0 saturated carbocycles. The topological polar surface area (TPSA) is 70.6 Å². The molecule has 25 heavy (non-hydrogen) atoms. The van der Waals surface area contributed by atoms with Crippen molar-refractivity contribution in [2.24, 2.45) is 0 Å². The van der Waals surface area contributed by atoms with E-state index >= 15 is 0 Å². The van der Waals surface area contributed by atoms with Crippen LogP contribution in [0.15, 0.2) is 36.5 Å². The van der Waals surface area contributed by atoms with E-state index in [2.05, 4.69) is 22.1 Å². The Morgan fingerprint density at radius 3 is 2.72 bits per heavy atom. The molecule has 0 spiro atoms. The number of amides is 2. The first-order chi connectivity index (χ1) is 12.0. The van der Waals surface area contributed by atoms with Crippen LogP contribution < -0.4 is 10.2 Å². The predicted molar refractivity (Wildman–Crippen MR) is 97.8 cm³/mol. The molecule has 0 unspecified atom stereocenters. The molecule has 7 nitrogen and oxygen atoms in total. The molecule has 1 aromatic heterocycles. The molecule has 7 heteroatoms. The average Bonchev–Trinajstić information content (AvgIpc) is 2.63. The molecule has 0 aliphatic carbocycles. The fourth-order valence-corrected chi connectivity index (χ4v) is 2.65. The standard InChI is InChI=1S/C18H23N5O2/c1-13-12-25-11-10-23(13)16-8-9-19-17(21-16)14-4-6-15(7-5-14)20-18(24)22(2)3/h4-9,13H,10-12H2,1-3H3,(H,20,24)/t13-/m0/s1. The van der Waals surface area contributed by atoms with Crippen molar-refractivity contribution in [3.8, 4) is 11.4 Å². The number of urea groups is 1. The SMILES string of the molecule is C[C@H]1COCCN1c1ccnc(-c2ccc(NC(=O)N(C)C)cc2)n1. The van der Waals surface area contributed by atoms with Crippen LogP contribution in [-0.4, -0.2) is 60.8 Å². The van der Waals surface area contributed by atoms with Crippen LogP contribution in [0.5, 0.6) is 0 Å². The highest BCUT2D eigenvalue weighted by molar-refractivity contribution is 5.89. The van der Waals surface area contributed by atoms with Gasteiger partial charge in [0.15, 0.2) is 5.82 Å². The second-order valence-electron chi connectivity index (χ2n) is 6.26. The van der Waals surface area contributed by atoms with Gasteiger partial charge in [0.2, 0.25) is 0 Å². The van der Waals surface area contributed by atoms with Crippen LogP contribution in [0.25, 0.3) is 11.4 Å². The number of morpholine rings is 1. The Morgan fingerprint density at radius 1 is 1.28 bits per heavy atom. The second kappa shape index (κ2) is 7.48. The number of ether oxygens (including phenoxy) is 1. The van der Waals surface area contributed by atoms with Gasteiger partial charge in [0.05, 0.1) is 19.3 Å². The van der Waals surface area contributed by atoms with Crippen molar-refractivity contribution < 1.29 is 9.53 Å². The smallest absolute Gasteiger partial charge is 0.321 e. The van der Waals surface area contributed by atoms with E-state index in [1.165, 1.54) is 4.90 Å². The summed E-state index contributed by atoms with van der Waals surface area (Å²) in [4.78, 5) is 24.5. The highest BCUT2D eigenvalue weighted by Crippen LogP contribution is 2.22. The van der Waals surface area contributed by atoms with Gasteiger partial charge in [0, 0.05) is 38.1 Å². The Hall–Kier alpha value is -2.67. The van der Waals surface area contributed by atoms with Crippen LogP contribution in [0.2, 0.25) is 0 Å². The summed E-state index contributed by atoms with van der Waals surface area (Å²) in [6.45, 7) is 4.37. The molecular weight excluding hydrogens is 318 g/mol. The zero-order chi connectivity index (χ0) is 17.8. The van der Waals surface area contributed by atoms with Crippen LogP contribution in [0, 0.1) is 0 Å². The number of hydrogen-bond donors (Lipinski definition) is 1. The second-order valence-corrected chi connectivity index (χ2v) is 6.26. The summed E-state index contributed by atoms with van der Waals surface area (Å²) in [6, 6.07) is 9.58. The van der Waals surface area contributed by atoms with Crippen molar-refractivity contribution in [1.82, 2.24) is 14.9 Å². The highest BCUT2D eigenvalue weighted by Gasteiger charge is 2.20. The number of carbonyl (C=O) groups is 1. The molecule has 0 bridgehead atoms. The maximum Gasteiger partial charge on any atom is 0.321 e. The molecule has 1 atom stereocenters. The molecular formula is C18H23N5O2. The molecule has 2 amide bonds. The summed E-state index contributed by atoms with van der Waals surface area (Å²) >= 11 is 0. The third-order valence-electron chi connectivity index (χ3n) is 4.10. The Balaban J connectivity index is 1.78. The van der Waals surface area contributed by atoms with E-state index in [9.17, 15) is 4.79 Å². The quantitative estimate of drug-likeness (QED) is 0.929. The van der Waals surface area contributed by atoms with Crippen molar-refractivity contribution in [2.75, 3.05) is 44.1 Å². The summed E-state index contributed by atoms with van der Waals surface area (Å²) in [7, 11) is 3.41. The summed E-state index contributed by atoms with van der Waals surface area (Å²) in [5.41, 5.74) is 1.64. The number of nitrogens with zero attached hydrogens (tertiary/aromatic N) is 4. The monoisotopic (exact) mass is 341 g/mol. The minimum absolute atomic E-state index is 0.160. The van der Waals surface area contributed by atoms with Crippen LogP contribution in [0.3, 0.4) is 0 Å². The minimum atomic E-state index is -0.160. The molecule has 1 aliphatic heterocycles. The largest absolute Gasteiger partial charge is 0.377 e. The number of benzene rings is 1. The maximum absolute atomic E-state index is 11.7. The fourth-order valence-electron chi connectivity index (χ4n) is 2.65. The van der Waals surface area contributed by atoms with E-state index in [1.54, 1.807) is 20.3 Å². The van der Waals surface area contributed by atoms with Gasteiger partial charge >= 0.3 is 6.03 Å². The molecule has 2 aromatic rings. The normalized spacial score (nSPS) is 17.2. The molecule has 2 heterocycles. The third-order valence-corrected chi connectivity index (χ3v) is 4.10. The zero-order valence-corrected chi connectivity index (χ0v) is 14.8. The molecule has 3 rings (SSSR count). The number of aromatic nitrogens is 2. The van der Waals surface area contributed by atoms with Gasteiger partial charge in [-0.1, -0.05) is 0 Å². The summed E-state index contributed by atoms with van der Waals surface area (Å²) in [5, 5.41) is 2.81. The van der Waals surface area contributed by atoms with Gasteiger partial charge in [-0.2, -0.15) is 0 Å². The van der Waals surface area contributed by atoms with E-state index < -0.39 is 0 Å². The van der Waals surface area contributed by atoms with Crippen molar-refractivity contribution in [1.29, 1.82) is 0 Å². The minimum Gasteiger partial charge on any atom is -0.377 e. The van der Waals surface area contributed by atoms with Crippen LogP contribution >= 0.6 is 0 Å². The number of nitrogens with one attached hydrogen (secondary N) is 1. The van der Waals surface area contributed by atoms with Crippen molar-refractivity contribution >= 4 is 17.5 Å². The van der Waals surface area contributed by atoms with Crippen LogP contribution in [0.4, 0.5) is 16.3 Å². The molecule has 1 aromatic carbocycles. The van der Waals surface area contributed by atoms with Gasteiger partial charge < -0.3 is 19.9 Å². The number of rotatable bonds is 3. The molecule has 0 radical (unpaired) electrons. The first kappa shape index (κ1) is 17.2. The van der Waals surface area contributed by atoms with E-state index in [4.69, 9.17) is 9.72 Å². The Kier molecular flexibility index (Phi) is 5.14. The molecule has 1 fully saturated rings. The van der Waals surface area contributed by atoms with Gasteiger partial charge in [-0.15, -0.1) is 0 Å². The van der Waals surface area contributed by atoms with Crippen molar-refractivity contribution in [3.63, 3.8) is 0 Å². The Labute approximate surface area is 147 Å². The lowest BCUT2D eigenvalue weighted by atomic mass is 10.2. The highest BCUT2D eigenvalue weighted by atomic mass is 16.5. The fraction of sp³-hybridized carbons (Fsp3) is 0.389. The zero-order valence-electron chi connectivity index (χ0n) is 14.8. The van der Waals surface area contributed by atoms with Gasteiger partial charge in [0.25, 0.3) is 0 Å². The predicted octanol–water partition coefficient (Wildman–Crippen LogP) is 2.46. The summed E-state index contributed by atoms with van der Waals surface area (Å²) in [5.74, 6) is 1.58. The maximum atomic E-state index is 11.7. The lowest BCUT2D eigenvalue weighted by Crippen LogP contribution is -2.44. The van der Waals surface area contributed by atoms with E-state index in [1.807, 2.05) is 30.3 Å². The lowest BCUT2D eigenvalue weighted by molar-refractivity contribution is 0.0985. The van der Waals surface area contributed by atoms with Crippen molar-refractivity contribution in [3.05, 3.63) is 36.5 Å². The molecule has 1 saturated heterocycles. The number of hydrogen-bond acceptors (Lipinski definition) is 5. The lowest BCUT2D eigenvalue weighted by Gasteiger charge is -2.34. The van der Waals surface area contributed by atoms with Crippen LogP contribution in [-0.2, 0) is 4.74 Å². The third kappa shape index (κ3) is 4.06. The van der Waals surface area contributed by atoms with Gasteiger partial charge in [-0.3, -0.25) is 0 Å². The first-order valence-corrected chi connectivity index (χ1v) is 8.31. The van der Waals surface area contributed by atoms with Gasteiger partial charge in [-0.25, -0.2) is 14.8 Å². The molecule has 132 valence electrons. The molecule has 1 aliphatic rings. The Bertz CT molecular complexity index is 733. The summed E-state index contributed by atoms with van der Waals surface area (Å²) < 4.78 is 5.49. The molecule has 1 N–H and O–H groups in total. The van der Waals surface area contributed by atoms with Gasteiger partial charge in [0.1, 0.15) is 5.82 Å². The van der Waals surface area contributed by atoms with Crippen LogP contribution in [0.1, 0.15) is 6.92 Å². The first-order valence-electron chi connectivity index (χ1n) is 8.31. The number of carbonyl (C=O) groups excluding carboxylic acids is 1.